The van der Waals surface area contributed by atoms with Crippen LogP contribution in [0.15, 0.2) is 47.7 Å². The summed E-state index contributed by atoms with van der Waals surface area (Å²) in [4.78, 5) is 15.4. The van der Waals surface area contributed by atoms with Gasteiger partial charge in [0.25, 0.3) is 5.91 Å². The zero-order chi connectivity index (χ0) is 18.6. The van der Waals surface area contributed by atoms with Crippen molar-refractivity contribution in [2.75, 3.05) is 19.7 Å². The van der Waals surface area contributed by atoms with Gasteiger partial charge in [0.05, 0.1) is 6.54 Å². The summed E-state index contributed by atoms with van der Waals surface area (Å²) in [6.45, 7) is 4.84. The van der Waals surface area contributed by atoms with Crippen molar-refractivity contribution in [1.82, 2.24) is 20.4 Å². The largest absolute Gasteiger partial charge is 0.484 e. The molecule has 0 saturated heterocycles. The van der Waals surface area contributed by atoms with E-state index in [1.54, 1.807) is 12.3 Å². The van der Waals surface area contributed by atoms with Gasteiger partial charge in [-0.3, -0.25) is 9.48 Å². The lowest BCUT2D eigenvalue weighted by Gasteiger charge is -2.11. The maximum atomic E-state index is 10.8. The third kappa shape index (κ3) is 9.27. The molecule has 0 aliphatic heterocycles. The monoisotopic (exact) mass is 486 g/mol. The average molecular weight is 486 g/mol. The number of guanidine groups is 1. The molecule has 0 aliphatic rings. The molecule has 1 heterocycles. The van der Waals surface area contributed by atoms with E-state index in [4.69, 9.17) is 10.5 Å². The van der Waals surface area contributed by atoms with Crippen LogP contribution in [0.2, 0.25) is 0 Å². The molecular formula is C18H27IN6O2. The molecule has 0 bridgehead atoms. The minimum atomic E-state index is -0.498. The van der Waals surface area contributed by atoms with Crippen molar-refractivity contribution in [2.45, 2.75) is 26.4 Å². The molecule has 148 valence electrons. The summed E-state index contributed by atoms with van der Waals surface area (Å²) < 4.78 is 7.22. The zero-order valence-corrected chi connectivity index (χ0v) is 17.8. The third-order valence-corrected chi connectivity index (χ3v) is 3.46. The van der Waals surface area contributed by atoms with Gasteiger partial charge in [0.1, 0.15) is 5.75 Å². The van der Waals surface area contributed by atoms with E-state index in [0.29, 0.717) is 12.3 Å². The van der Waals surface area contributed by atoms with Crippen molar-refractivity contribution in [3.63, 3.8) is 0 Å². The molecule has 0 unspecified atom stereocenters. The highest BCUT2D eigenvalue weighted by Crippen LogP contribution is 2.13. The Morgan fingerprint density at radius 1 is 1.33 bits per heavy atom. The van der Waals surface area contributed by atoms with Gasteiger partial charge in [0, 0.05) is 32.0 Å². The highest BCUT2D eigenvalue weighted by Gasteiger charge is 2.01. The maximum absolute atomic E-state index is 10.8. The number of aromatic nitrogens is 2. The molecule has 8 nitrogen and oxygen atoms in total. The normalized spacial score (nSPS) is 10.8. The number of rotatable bonds is 10. The van der Waals surface area contributed by atoms with Gasteiger partial charge < -0.3 is 21.1 Å². The molecule has 0 radical (unpaired) electrons. The van der Waals surface area contributed by atoms with Crippen LogP contribution in [0.5, 0.6) is 5.75 Å². The van der Waals surface area contributed by atoms with Gasteiger partial charge in [-0.25, -0.2) is 4.99 Å². The van der Waals surface area contributed by atoms with Crippen LogP contribution in [-0.4, -0.2) is 41.3 Å². The molecule has 1 aromatic carbocycles. The molecular weight excluding hydrogens is 459 g/mol. The van der Waals surface area contributed by atoms with E-state index in [1.165, 1.54) is 0 Å². The number of carbonyl (C=O) groups excluding carboxylic acids is 1. The number of hydrogen-bond donors (Lipinski definition) is 3. The summed E-state index contributed by atoms with van der Waals surface area (Å²) in [6, 6.07) is 9.39. The van der Waals surface area contributed by atoms with Gasteiger partial charge in [0.2, 0.25) is 0 Å². The number of amides is 1. The van der Waals surface area contributed by atoms with E-state index in [9.17, 15) is 4.79 Å². The minimum absolute atomic E-state index is 0. The van der Waals surface area contributed by atoms with Crippen LogP contribution in [-0.2, 0) is 17.9 Å². The first kappa shape index (κ1) is 22.7. The Kier molecular flexibility index (Phi) is 10.9. The molecule has 2 rings (SSSR count). The van der Waals surface area contributed by atoms with E-state index in [2.05, 4.69) is 20.7 Å². The van der Waals surface area contributed by atoms with Crippen molar-refractivity contribution in [3.8, 4) is 5.75 Å². The summed E-state index contributed by atoms with van der Waals surface area (Å²) in [5, 5.41) is 10.7. The number of carbonyl (C=O) groups is 1. The maximum Gasteiger partial charge on any atom is 0.255 e. The number of primary amides is 1. The molecule has 0 saturated carbocycles. The fraction of sp³-hybridized carbons (Fsp3) is 0.389. The Bertz CT molecular complexity index is 706. The highest BCUT2D eigenvalue weighted by molar-refractivity contribution is 14.0. The lowest BCUT2D eigenvalue weighted by Crippen LogP contribution is -2.38. The second kappa shape index (κ2) is 13.0. The number of halogens is 1. The van der Waals surface area contributed by atoms with Gasteiger partial charge in [-0.15, -0.1) is 24.0 Å². The SMILES string of the molecule is CCNC(=NCc1cccc(OCC(N)=O)c1)NCCCn1cccn1.I. The third-order valence-electron chi connectivity index (χ3n) is 3.46. The predicted molar refractivity (Wildman–Crippen MR) is 116 cm³/mol. The van der Waals surface area contributed by atoms with Crippen molar-refractivity contribution < 1.29 is 9.53 Å². The van der Waals surface area contributed by atoms with Gasteiger partial charge in [-0.1, -0.05) is 12.1 Å². The number of nitrogens with two attached hydrogens (primary N) is 1. The van der Waals surface area contributed by atoms with E-state index in [-0.39, 0.29) is 30.6 Å². The first-order valence-electron chi connectivity index (χ1n) is 8.67. The number of aliphatic imine (C=N–C) groups is 1. The predicted octanol–water partition coefficient (Wildman–Crippen LogP) is 1.51. The van der Waals surface area contributed by atoms with Crippen LogP contribution >= 0.6 is 24.0 Å². The first-order valence-corrected chi connectivity index (χ1v) is 8.67. The molecule has 0 atom stereocenters. The fourth-order valence-corrected chi connectivity index (χ4v) is 2.28. The Balaban J connectivity index is 0.00000364. The summed E-state index contributed by atoms with van der Waals surface area (Å²) in [7, 11) is 0. The first-order chi connectivity index (χ1) is 12.7. The van der Waals surface area contributed by atoms with Gasteiger partial charge in [0.15, 0.2) is 12.6 Å². The number of ether oxygens (including phenoxy) is 1. The lowest BCUT2D eigenvalue weighted by atomic mass is 10.2. The standard InChI is InChI=1S/C18H26N6O2.HI/c1-2-20-18(21-8-4-10-24-11-5-9-23-24)22-13-15-6-3-7-16(12-15)26-14-17(19)25;/h3,5-7,9,11-12H,2,4,8,10,13-14H2,1H3,(H2,19,25)(H2,20,21,22);1H. The average Bonchev–Trinajstić information content (AvgIpc) is 3.15. The Morgan fingerprint density at radius 3 is 2.89 bits per heavy atom. The van der Waals surface area contributed by atoms with Crippen molar-refractivity contribution in [1.29, 1.82) is 0 Å². The van der Waals surface area contributed by atoms with E-state index in [0.717, 1.165) is 37.6 Å². The molecule has 4 N–H and O–H groups in total. The number of nitrogens with one attached hydrogen (secondary N) is 2. The smallest absolute Gasteiger partial charge is 0.255 e. The van der Waals surface area contributed by atoms with Crippen LogP contribution < -0.4 is 21.1 Å². The number of benzene rings is 1. The van der Waals surface area contributed by atoms with Crippen LogP contribution in [0, 0.1) is 0 Å². The van der Waals surface area contributed by atoms with Crippen molar-refractivity contribution in [2.24, 2.45) is 10.7 Å². The summed E-state index contributed by atoms with van der Waals surface area (Å²) >= 11 is 0. The molecule has 1 amide bonds. The molecule has 27 heavy (non-hydrogen) atoms. The van der Waals surface area contributed by atoms with E-state index < -0.39 is 5.91 Å². The summed E-state index contributed by atoms with van der Waals surface area (Å²) in [5.74, 6) is 0.868. The Morgan fingerprint density at radius 2 is 2.19 bits per heavy atom. The zero-order valence-electron chi connectivity index (χ0n) is 15.4. The van der Waals surface area contributed by atoms with Crippen molar-refractivity contribution in [3.05, 3.63) is 48.3 Å². The second-order valence-electron chi connectivity index (χ2n) is 5.65. The van der Waals surface area contributed by atoms with Crippen LogP contribution in [0.1, 0.15) is 18.9 Å². The summed E-state index contributed by atoms with van der Waals surface area (Å²) in [6.07, 6.45) is 4.68. The van der Waals surface area contributed by atoms with Crippen molar-refractivity contribution >= 4 is 35.8 Å². The number of hydrogen-bond acceptors (Lipinski definition) is 4. The lowest BCUT2D eigenvalue weighted by molar-refractivity contribution is -0.119. The van der Waals surface area contributed by atoms with E-state index >= 15 is 0 Å². The minimum Gasteiger partial charge on any atom is -0.484 e. The molecule has 0 fully saturated rings. The van der Waals surface area contributed by atoms with Crippen LogP contribution in [0.3, 0.4) is 0 Å². The number of nitrogens with zero attached hydrogens (tertiary/aromatic N) is 3. The molecule has 2 aromatic rings. The van der Waals surface area contributed by atoms with Gasteiger partial charge in [-0.05, 0) is 37.1 Å². The van der Waals surface area contributed by atoms with Crippen LogP contribution in [0.25, 0.3) is 0 Å². The Hall–Kier alpha value is -2.30. The highest BCUT2D eigenvalue weighted by atomic mass is 127. The second-order valence-corrected chi connectivity index (χ2v) is 5.65. The van der Waals surface area contributed by atoms with Gasteiger partial charge >= 0.3 is 0 Å². The summed E-state index contributed by atoms with van der Waals surface area (Å²) in [5.41, 5.74) is 6.08. The topological polar surface area (TPSA) is 107 Å². The van der Waals surface area contributed by atoms with Gasteiger partial charge in [-0.2, -0.15) is 5.10 Å². The Labute approximate surface area is 176 Å². The quantitative estimate of drug-likeness (QED) is 0.204. The molecule has 0 aliphatic carbocycles. The molecule has 0 spiro atoms. The van der Waals surface area contributed by atoms with Crippen LogP contribution in [0.4, 0.5) is 0 Å². The fourth-order valence-electron chi connectivity index (χ4n) is 2.28. The molecule has 9 heteroatoms. The van der Waals surface area contributed by atoms with E-state index in [1.807, 2.05) is 42.1 Å². The number of aryl methyl sites for hydroxylation is 1. The molecule has 1 aromatic heterocycles.